The Morgan fingerprint density at radius 3 is 1.17 bits per heavy atom. The fourth-order valence-corrected chi connectivity index (χ4v) is 19.0. The molecule has 13 rings (SSSR count). The Morgan fingerprint density at radius 1 is 0.325 bits per heavy atom. The Kier molecular flexibility index (Phi) is 18.3. The van der Waals surface area contributed by atoms with E-state index in [1.165, 1.54) is 88.3 Å². The Morgan fingerprint density at radius 2 is 0.688 bits per heavy atom. The maximum Gasteiger partial charge on any atom is 1.00 e. The van der Waals surface area contributed by atoms with Crippen LogP contribution in [0, 0.1) is 24.7 Å². The first kappa shape index (κ1) is 54.7. The summed E-state index contributed by atoms with van der Waals surface area (Å²) in [4.78, 5) is 0. The van der Waals surface area contributed by atoms with Crippen molar-refractivity contribution in [1.29, 1.82) is 0 Å². The van der Waals surface area contributed by atoms with Crippen molar-refractivity contribution < 1.29 is 44.8 Å². The largest absolute Gasteiger partial charge is 1.00 e. The van der Waals surface area contributed by atoms with E-state index in [2.05, 4.69) is 297 Å². The molecule has 0 saturated heterocycles. The van der Waals surface area contributed by atoms with Crippen LogP contribution in [0.15, 0.2) is 297 Å². The number of hydrogen-bond donors (Lipinski definition) is 0. The maximum atomic E-state index is 7.66. The van der Waals surface area contributed by atoms with Gasteiger partial charge in [0, 0.05) is 5.92 Å². The first-order valence-corrected chi connectivity index (χ1v) is 29.0. The van der Waals surface area contributed by atoms with E-state index in [9.17, 15) is 0 Å². The molecular formula is C73H54Au2P2+2. The minimum atomic E-state index is -0.847. The Hall–Kier alpha value is -7.12. The molecule has 0 radical (unpaired) electrons. The molecule has 0 nitrogen and oxygen atoms in total. The van der Waals surface area contributed by atoms with E-state index in [4.69, 9.17) is 12.8 Å². The van der Waals surface area contributed by atoms with Gasteiger partial charge >= 0.3 is 44.8 Å². The van der Waals surface area contributed by atoms with Gasteiger partial charge in [-0.25, -0.2) is 0 Å². The topological polar surface area (TPSA) is 0 Å². The molecule has 0 saturated carbocycles. The van der Waals surface area contributed by atoms with Crippen LogP contribution in [0.3, 0.4) is 0 Å². The van der Waals surface area contributed by atoms with Gasteiger partial charge in [0.25, 0.3) is 0 Å². The molecule has 0 heterocycles. The van der Waals surface area contributed by atoms with Crippen LogP contribution in [-0.2, 0) is 50.2 Å². The average Bonchev–Trinajstić information content (AvgIpc) is 4.07. The third kappa shape index (κ3) is 11.3. The van der Waals surface area contributed by atoms with Gasteiger partial charge in [-0.2, -0.15) is 0 Å². The second-order valence-electron chi connectivity index (χ2n) is 18.9. The molecule has 1 atom stereocenters. The van der Waals surface area contributed by atoms with E-state index in [1.54, 1.807) is 0 Å². The summed E-state index contributed by atoms with van der Waals surface area (Å²) in [6.07, 6.45) is 15.0. The summed E-state index contributed by atoms with van der Waals surface area (Å²) in [6.45, 7) is 0. The van der Waals surface area contributed by atoms with Gasteiger partial charge in [0.2, 0.25) is 0 Å². The third-order valence-corrected chi connectivity index (χ3v) is 21.6. The maximum absolute atomic E-state index is 7.66. The Balaban J connectivity index is 0.000000140. The summed E-state index contributed by atoms with van der Waals surface area (Å²) in [5.41, 5.74) is 15.2. The van der Waals surface area contributed by atoms with Gasteiger partial charge in [-0.05, 0) is 110 Å². The molecule has 0 aromatic heterocycles. The van der Waals surface area contributed by atoms with Crippen molar-refractivity contribution in [3.8, 4) is 34.1 Å². The summed E-state index contributed by atoms with van der Waals surface area (Å²) in [5, 5.41) is 6.01. The van der Waals surface area contributed by atoms with Crippen LogP contribution in [0.4, 0.5) is 0 Å². The molecule has 4 heteroatoms. The molecule has 0 fully saturated rings. The minimum absolute atomic E-state index is 0. The summed E-state index contributed by atoms with van der Waals surface area (Å²) in [5.74, 6) is 6.60. The van der Waals surface area contributed by atoms with Gasteiger partial charge in [-0.1, -0.05) is 224 Å². The van der Waals surface area contributed by atoms with Crippen LogP contribution in [0.2, 0.25) is 0 Å². The van der Waals surface area contributed by atoms with Crippen LogP contribution in [0.5, 0.6) is 0 Å². The van der Waals surface area contributed by atoms with E-state index >= 15 is 0 Å². The molecule has 376 valence electrons. The van der Waals surface area contributed by atoms with Gasteiger partial charge in [-0.3, -0.25) is 11.8 Å². The normalized spacial score (nSPS) is 12.7. The molecule has 11 aromatic carbocycles. The number of rotatable bonds is 9. The standard InChI is InChI=1S/C27H17.C25H22P2.C21H13.2Au/c1-2-20-17-18-24-23-15-9-10-16-25(23)27(26(24)19-20,21-11-5-3-6-12-21)22-13-7-4-8-14-22;1-5-13-22(14-6-1)26(23-15-7-2-8-16-23)21-27(24-17-9-3-10-18-24)25-19-11-4-12-20-25;1-2-15-12-13-19-20(14-15)17-10-6-7-11-18(17)21(19)16-8-4-3-5-9-16;;/h3-19H;1-20H,21H2;3-14,21H;;/q-1;;-1;2*+1/p+2. The first-order valence-electron chi connectivity index (χ1n) is 25.6. The SMILES string of the molecule is [Au+].[Au+].[C-]#Cc1ccc2c(c1)-c1ccccc1C2c1ccccc1.[C-]#Cc1ccc2c(c1)C(c1ccccc1)(c1ccccc1)c1ccccc1-2.c1ccc([PH+](C[PH+](c2ccccc2)c2ccccc2)c2ccccc2)cc1. The first-order chi connectivity index (χ1) is 37.1. The van der Waals surface area contributed by atoms with Crippen LogP contribution in [0.25, 0.3) is 22.3 Å². The second kappa shape index (κ2) is 25.8. The van der Waals surface area contributed by atoms with E-state index in [0.717, 1.165) is 11.1 Å². The Labute approximate surface area is 489 Å². The van der Waals surface area contributed by atoms with Crippen molar-refractivity contribution in [2.45, 2.75) is 11.3 Å². The van der Waals surface area contributed by atoms with Gasteiger partial charge in [-0.15, -0.1) is 35.4 Å². The Bertz CT molecular complexity index is 3560. The summed E-state index contributed by atoms with van der Waals surface area (Å²) >= 11 is 0. The van der Waals surface area contributed by atoms with E-state index in [0.29, 0.717) is 0 Å². The molecule has 11 aromatic rings. The fraction of sp³-hybridized carbons (Fsp3) is 0.0411. The van der Waals surface area contributed by atoms with E-state index in [-0.39, 0.29) is 56.1 Å². The van der Waals surface area contributed by atoms with Crippen molar-refractivity contribution in [2.24, 2.45) is 0 Å². The molecule has 77 heavy (non-hydrogen) atoms. The monoisotopic (exact) mass is 1390 g/mol. The van der Waals surface area contributed by atoms with Crippen molar-refractivity contribution in [2.75, 3.05) is 5.90 Å². The van der Waals surface area contributed by atoms with Crippen LogP contribution < -0.4 is 21.2 Å². The average molecular weight is 1390 g/mol. The minimum Gasteiger partial charge on any atom is -0.366 e. The quantitative estimate of drug-likeness (QED) is 0.0585. The molecule has 1 unspecified atom stereocenters. The van der Waals surface area contributed by atoms with Crippen molar-refractivity contribution in [1.82, 2.24) is 0 Å². The van der Waals surface area contributed by atoms with E-state index < -0.39 is 15.8 Å². The fourth-order valence-electron chi connectivity index (χ4n) is 11.3. The van der Waals surface area contributed by atoms with Crippen molar-refractivity contribution in [3.63, 3.8) is 0 Å². The van der Waals surface area contributed by atoms with Gasteiger partial charge in [0.05, 0.1) is 5.41 Å². The molecule has 2 aliphatic carbocycles. The van der Waals surface area contributed by atoms with Gasteiger partial charge < -0.3 is 12.8 Å². The smallest absolute Gasteiger partial charge is 0.366 e. The van der Waals surface area contributed by atoms with Crippen LogP contribution in [-0.4, -0.2) is 5.90 Å². The number of benzene rings is 11. The summed E-state index contributed by atoms with van der Waals surface area (Å²) < 4.78 is 0. The molecule has 0 spiro atoms. The summed E-state index contributed by atoms with van der Waals surface area (Å²) in [7, 11) is -1.69. The van der Waals surface area contributed by atoms with Crippen molar-refractivity contribution in [3.05, 3.63) is 360 Å². The van der Waals surface area contributed by atoms with Gasteiger partial charge in [0.15, 0.2) is 5.90 Å². The van der Waals surface area contributed by atoms with E-state index in [1.807, 2.05) is 12.1 Å². The van der Waals surface area contributed by atoms with Gasteiger partial charge in [0.1, 0.15) is 37.1 Å². The second-order valence-corrected chi connectivity index (χ2v) is 24.5. The zero-order chi connectivity index (χ0) is 50.8. The number of hydrogen-bond acceptors (Lipinski definition) is 0. The molecular weight excluding hydrogens is 1330 g/mol. The third-order valence-electron chi connectivity index (χ3n) is 14.6. The van der Waals surface area contributed by atoms with Crippen molar-refractivity contribution >= 4 is 37.1 Å². The predicted molar refractivity (Wildman–Crippen MR) is 321 cm³/mol. The summed E-state index contributed by atoms with van der Waals surface area (Å²) in [6, 6.07) is 106. The molecule has 2 aliphatic rings. The molecule has 0 aliphatic heterocycles. The zero-order valence-corrected chi connectivity index (χ0v) is 48.5. The molecule has 0 bridgehead atoms. The molecule has 0 amide bonds. The van der Waals surface area contributed by atoms with Crippen LogP contribution in [0.1, 0.15) is 56.0 Å². The number of fused-ring (bicyclic) bond motifs is 6. The zero-order valence-electron chi connectivity index (χ0n) is 42.2. The molecule has 0 N–H and O–H groups in total. The van der Waals surface area contributed by atoms with Crippen LogP contribution >= 0.6 is 15.8 Å². The predicted octanol–water partition coefficient (Wildman–Crippen LogP) is 15.4.